The number of nitrogens with zero attached hydrogens (tertiary/aromatic N) is 1. The molecule has 6 heteroatoms. The zero-order chi connectivity index (χ0) is 18.4. The van der Waals surface area contributed by atoms with Crippen molar-refractivity contribution >= 4 is 41.0 Å². The van der Waals surface area contributed by atoms with Crippen LogP contribution in [0.4, 0.5) is 0 Å². The maximum Gasteiger partial charge on any atom is 0.256 e. The molecule has 3 heterocycles. The Labute approximate surface area is 157 Å². The van der Waals surface area contributed by atoms with E-state index in [-0.39, 0.29) is 5.91 Å². The van der Waals surface area contributed by atoms with Crippen LogP contribution in [0, 0.1) is 0 Å². The molecule has 0 saturated carbocycles. The lowest BCUT2D eigenvalue weighted by Crippen LogP contribution is -2.40. The number of H-pyrrole nitrogens is 2. The first kappa shape index (κ1) is 16.2. The van der Waals surface area contributed by atoms with E-state index in [0.717, 1.165) is 44.2 Å². The van der Waals surface area contributed by atoms with Gasteiger partial charge in [0, 0.05) is 34.9 Å². The van der Waals surface area contributed by atoms with E-state index in [9.17, 15) is 4.79 Å². The summed E-state index contributed by atoms with van der Waals surface area (Å²) in [6.45, 7) is 2.44. The number of carbonyl (C=O) groups is 1. The normalized spacial score (nSPS) is 14.9. The third-order valence-corrected chi connectivity index (χ3v) is 5.27. The molecule has 2 aromatic carbocycles. The number of hydrogen-bond donors (Lipinski definition) is 2. The summed E-state index contributed by atoms with van der Waals surface area (Å²) < 4.78 is 5.42. The first-order valence-corrected chi connectivity index (χ1v) is 9.28. The van der Waals surface area contributed by atoms with Gasteiger partial charge in [0.05, 0.1) is 30.2 Å². The summed E-state index contributed by atoms with van der Waals surface area (Å²) >= 11 is 0. The molecule has 2 aromatic heterocycles. The van der Waals surface area contributed by atoms with Crippen LogP contribution >= 0.6 is 0 Å². The van der Waals surface area contributed by atoms with Gasteiger partial charge in [-0.2, -0.15) is 0 Å². The average Bonchev–Trinajstić information content (AvgIpc) is 3.28. The van der Waals surface area contributed by atoms with Crippen LogP contribution < -0.4 is 5.46 Å². The van der Waals surface area contributed by atoms with Crippen LogP contribution in [0.3, 0.4) is 0 Å². The van der Waals surface area contributed by atoms with Crippen molar-refractivity contribution in [3.8, 4) is 11.4 Å². The van der Waals surface area contributed by atoms with Gasteiger partial charge < -0.3 is 19.6 Å². The van der Waals surface area contributed by atoms with Gasteiger partial charge in [-0.3, -0.25) is 4.79 Å². The summed E-state index contributed by atoms with van der Waals surface area (Å²) in [6.07, 6.45) is 0. The molecule has 134 valence electrons. The van der Waals surface area contributed by atoms with Crippen molar-refractivity contribution in [3.05, 3.63) is 54.1 Å². The maximum atomic E-state index is 13.4. The number of amides is 1. The smallest absolute Gasteiger partial charge is 0.256 e. The molecule has 5 nitrogen and oxygen atoms in total. The van der Waals surface area contributed by atoms with E-state index in [0.29, 0.717) is 26.3 Å². The van der Waals surface area contributed by atoms with E-state index in [2.05, 4.69) is 48.1 Å². The number of fused-ring (bicyclic) bond motifs is 2. The molecule has 2 N–H and O–H groups in total. The minimum absolute atomic E-state index is 0.0575. The molecule has 1 aliphatic rings. The van der Waals surface area contributed by atoms with Gasteiger partial charge in [-0.15, -0.1) is 0 Å². The molecule has 1 saturated heterocycles. The van der Waals surface area contributed by atoms with Crippen LogP contribution in [0.2, 0.25) is 0 Å². The summed E-state index contributed by atoms with van der Waals surface area (Å²) in [5.74, 6) is 0.0575. The zero-order valence-electron chi connectivity index (χ0n) is 15.2. The van der Waals surface area contributed by atoms with Crippen molar-refractivity contribution in [2.75, 3.05) is 26.3 Å². The summed E-state index contributed by atoms with van der Waals surface area (Å²) in [5, 5.41) is 2.10. The Balaban J connectivity index is 1.71. The fourth-order valence-corrected chi connectivity index (χ4v) is 3.87. The summed E-state index contributed by atoms with van der Waals surface area (Å²) in [4.78, 5) is 22.2. The fourth-order valence-electron chi connectivity index (χ4n) is 3.87. The van der Waals surface area contributed by atoms with Gasteiger partial charge in [-0.1, -0.05) is 35.8 Å². The van der Waals surface area contributed by atoms with Gasteiger partial charge >= 0.3 is 0 Å². The lowest BCUT2D eigenvalue weighted by Gasteiger charge is -2.27. The van der Waals surface area contributed by atoms with Crippen molar-refractivity contribution < 1.29 is 9.53 Å². The Morgan fingerprint density at radius 1 is 1.00 bits per heavy atom. The Bertz CT molecular complexity index is 1120. The standard InChI is InChI=1S/C21H20BN3O2/c22-14-5-6-15-17(12-14)24-20(18-11-13-3-1-2-4-16(13)23-18)19(15)21(26)25-7-9-27-10-8-25/h1-6,11-12,23-24H,7-10,22H2. The molecule has 1 amide bonds. The number of rotatable bonds is 2. The van der Waals surface area contributed by atoms with Crippen LogP contribution in [0.25, 0.3) is 33.2 Å². The second-order valence-corrected chi connectivity index (χ2v) is 7.10. The molecule has 0 unspecified atom stereocenters. The van der Waals surface area contributed by atoms with Crippen LogP contribution in [-0.2, 0) is 4.74 Å². The predicted molar refractivity (Wildman–Crippen MR) is 110 cm³/mol. The quantitative estimate of drug-likeness (QED) is 0.540. The topological polar surface area (TPSA) is 61.1 Å². The highest BCUT2D eigenvalue weighted by Crippen LogP contribution is 2.32. The van der Waals surface area contributed by atoms with Gasteiger partial charge in [-0.05, 0) is 18.2 Å². The maximum absolute atomic E-state index is 13.4. The molecular formula is C21H20BN3O2. The minimum Gasteiger partial charge on any atom is -0.378 e. The molecule has 0 bridgehead atoms. The fraction of sp³-hybridized carbons (Fsp3) is 0.190. The Hall–Kier alpha value is -2.99. The third-order valence-electron chi connectivity index (χ3n) is 5.27. The summed E-state index contributed by atoms with van der Waals surface area (Å²) in [5.41, 5.74) is 5.73. The Kier molecular flexibility index (Phi) is 3.79. The SMILES string of the molecule is Bc1ccc2c(C(=O)N3CCOCC3)c(-c3cc4ccccc4[nH]3)[nH]c2c1. The second-order valence-electron chi connectivity index (χ2n) is 7.10. The Morgan fingerprint density at radius 2 is 1.81 bits per heavy atom. The number of nitrogens with one attached hydrogen (secondary N) is 2. The number of aromatic nitrogens is 2. The second kappa shape index (κ2) is 6.32. The molecule has 0 spiro atoms. The highest BCUT2D eigenvalue weighted by Gasteiger charge is 2.26. The Morgan fingerprint density at radius 3 is 2.63 bits per heavy atom. The number of benzene rings is 2. The predicted octanol–water partition coefficient (Wildman–Crippen LogP) is 2.05. The van der Waals surface area contributed by atoms with Crippen molar-refractivity contribution in [2.24, 2.45) is 0 Å². The third kappa shape index (κ3) is 2.73. The minimum atomic E-state index is 0.0575. The highest BCUT2D eigenvalue weighted by atomic mass is 16.5. The van der Waals surface area contributed by atoms with Crippen LogP contribution in [0.1, 0.15) is 10.4 Å². The monoisotopic (exact) mass is 357 g/mol. The van der Waals surface area contributed by atoms with E-state index < -0.39 is 0 Å². The van der Waals surface area contributed by atoms with E-state index in [1.54, 1.807) is 0 Å². The van der Waals surface area contributed by atoms with Crippen LogP contribution in [0.5, 0.6) is 0 Å². The van der Waals surface area contributed by atoms with E-state index in [1.807, 2.05) is 23.1 Å². The summed E-state index contributed by atoms with van der Waals surface area (Å²) in [6, 6.07) is 16.5. The number of para-hydroxylation sites is 1. The molecule has 1 aliphatic heterocycles. The van der Waals surface area contributed by atoms with E-state index in [1.165, 1.54) is 0 Å². The lowest BCUT2D eigenvalue weighted by molar-refractivity contribution is 0.0304. The number of hydrogen-bond acceptors (Lipinski definition) is 2. The van der Waals surface area contributed by atoms with Crippen molar-refractivity contribution in [1.82, 2.24) is 14.9 Å². The van der Waals surface area contributed by atoms with Gasteiger partial charge in [-0.25, -0.2) is 0 Å². The van der Waals surface area contributed by atoms with Gasteiger partial charge in [0.2, 0.25) is 0 Å². The molecule has 27 heavy (non-hydrogen) atoms. The van der Waals surface area contributed by atoms with Gasteiger partial charge in [0.1, 0.15) is 7.85 Å². The number of aromatic amines is 2. The average molecular weight is 357 g/mol. The molecule has 5 rings (SSSR count). The lowest BCUT2D eigenvalue weighted by atomic mass is 9.94. The largest absolute Gasteiger partial charge is 0.378 e. The summed E-state index contributed by atoms with van der Waals surface area (Å²) in [7, 11) is 2.06. The molecule has 1 fully saturated rings. The van der Waals surface area contributed by atoms with Gasteiger partial charge in [0.15, 0.2) is 0 Å². The molecule has 0 radical (unpaired) electrons. The number of carbonyl (C=O) groups excluding carboxylic acids is 1. The van der Waals surface area contributed by atoms with Crippen LogP contribution in [0.15, 0.2) is 48.5 Å². The molecular weight excluding hydrogens is 337 g/mol. The first-order chi connectivity index (χ1) is 13.2. The van der Waals surface area contributed by atoms with Crippen molar-refractivity contribution in [3.63, 3.8) is 0 Å². The first-order valence-electron chi connectivity index (χ1n) is 9.28. The molecule has 0 atom stereocenters. The number of ether oxygens (including phenoxy) is 1. The molecule has 0 aliphatic carbocycles. The number of morpholine rings is 1. The van der Waals surface area contributed by atoms with Gasteiger partial charge in [0.25, 0.3) is 5.91 Å². The van der Waals surface area contributed by atoms with E-state index >= 15 is 0 Å². The highest BCUT2D eigenvalue weighted by molar-refractivity contribution is 6.33. The van der Waals surface area contributed by atoms with Crippen LogP contribution in [-0.4, -0.2) is 54.9 Å². The van der Waals surface area contributed by atoms with E-state index in [4.69, 9.17) is 4.74 Å². The molecule has 4 aromatic rings. The van der Waals surface area contributed by atoms with Crippen molar-refractivity contribution in [2.45, 2.75) is 0 Å². The van der Waals surface area contributed by atoms with Crippen molar-refractivity contribution in [1.29, 1.82) is 0 Å². The zero-order valence-corrected chi connectivity index (χ0v) is 15.2.